The maximum absolute atomic E-state index is 12.9. The Kier molecular flexibility index (Phi) is 5.07. The van der Waals surface area contributed by atoms with Crippen LogP contribution in [0.5, 0.6) is 5.75 Å². The molecule has 1 aliphatic carbocycles. The predicted molar refractivity (Wildman–Crippen MR) is 107 cm³/mol. The van der Waals surface area contributed by atoms with Crippen molar-refractivity contribution in [3.8, 4) is 5.75 Å². The van der Waals surface area contributed by atoms with Gasteiger partial charge in [-0.1, -0.05) is 13.0 Å². The number of esters is 1. The lowest BCUT2D eigenvalue weighted by molar-refractivity contribution is -0.384. The lowest BCUT2D eigenvalue weighted by Gasteiger charge is -2.25. The fourth-order valence-corrected chi connectivity index (χ4v) is 4.22. The fraction of sp³-hybridized carbons (Fsp3) is 0.318. The summed E-state index contributed by atoms with van der Waals surface area (Å²) in [7, 11) is 0. The van der Waals surface area contributed by atoms with Gasteiger partial charge in [-0.3, -0.25) is 19.7 Å². The summed E-state index contributed by atoms with van der Waals surface area (Å²) in [6, 6.07) is 11.3. The Bertz CT molecular complexity index is 1030. The second-order valence-corrected chi connectivity index (χ2v) is 7.83. The summed E-state index contributed by atoms with van der Waals surface area (Å²) in [4.78, 5) is 49.5. The van der Waals surface area contributed by atoms with Crippen LogP contribution in [0.2, 0.25) is 0 Å². The first kappa shape index (κ1) is 19.8. The standard InChI is InChI=1S/C22H20N2O6/c1-13-5-10-18-19(11-13)21(26)23(20(18)25)16-3-2-4-17(12-16)30-22(27)14-6-8-15(9-7-14)24(28)29/h2-4,6-9,12-13,18-19H,5,10-11H2,1H3/t13-,18+,19+/m0/s1. The van der Waals surface area contributed by atoms with Crippen LogP contribution in [0, 0.1) is 27.9 Å². The lowest BCUT2D eigenvalue weighted by Crippen LogP contribution is -2.30. The van der Waals surface area contributed by atoms with Crippen molar-refractivity contribution in [2.24, 2.45) is 17.8 Å². The van der Waals surface area contributed by atoms with Crippen molar-refractivity contribution in [3.05, 3.63) is 64.2 Å². The van der Waals surface area contributed by atoms with Crippen molar-refractivity contribution in [3.63, 3.8) is 0 Å². The van der Waals surface area contributed by atoms with Gasteiger partial charge in [0.1, 0.15) is 5.75 Å². The lowest BCUT2D eigenvalue weighted by atomic mass is 9.76. The minimum atomic E-state index is -0.691. The molecular weight excluding hydrogens is 388 g/mol. The predicted octanol–water partition coefficient (Wildman–Crippen LogP) is 3.74. The molecule has 0 aromatic heterocycles. The molecule has 0 radical (unpaired) electrons. The van der Waals surface area contributed by atoms with Gasteiger partial charge < -0.3 is 4.74 Å². The first-order chi connectivity index (χ1) is 14.3. The summed E-state index contributed by atoms with van der Waals surface area (Å²) in [5.41, 5.74) is 0.399. The van der Waals surface area contributed by atoms with Gasteiger partial charge in [-0.25, -0.2) is 9.69 Å². The van der Waals surface area contributed by atoms with Crippen LogP contribution in [-0.4, -0.2) is 22.7 Å². The number of amides is 2. The maximum atomic E-state index is 12.9. The summed E-state index contributed by atoms with van der Waals surface area (Å²) >= 11 is 0. The smallest absolute Gasteiger partial charge is 0.343 e. The molecule has 1 heterocycles. The minimum absolute atomic E-state index is 0.129. The van der Waals surface area contributed by atoms with E-state index < -0.39 is 10.9 Å². The molecule has 1 aliphatic heterocycles. The SMILES string of the molecule is C[C@H]1CC[C@H]2C(=O)N(c3cccc(OC(=O)c4ccc([N+](=O)[O-])cc4)c3)C(=O)[C@@H]2C1. The van der Waals surface area contributed by atoms with Gasteiger partial charge in [0, 0.05) is 18.2 Å². The quantitative estimate of drug-likeness (QED) is 0.251. The Morgan fingerprint density at radius 1 is 1.07 bits per heavy atom. The maximum Gasteiger partial charge on any atom is 0.343 e. The topological polar surface area (TPSA) is 107 Å². The highest BCUT2D eigenvalue weighted by atomic mass is 16.6. The van der Waals surface area contributed by atoms with Crippen molar-refractivity contribution in [1.82, 2.24) is 0 Å². The zero-order valence-electron chi connectivity index (χ0n) is 16.3. The van der Waals surface area contributed by atoms with Crippen molar-refractivity contribution in [2.75, 3.05) is 4.90 Å². The molecule has 3 atom stereocenters. The number of rotatable bonds is 4. The molecule has 2 aliphatic rings. The molecule has 1 saturated carbocycles. The second-order valence-electron chi connectivity index (χ2n) is 7.83. The molecular formula is C22H20N2O6. The molecule has 8 heteroatoms. The molecule has 2 aromatic carbocycles. The number of fused-ring (bicyclic) bond motifs is 1. The van der Waals surface area contributed by atoms with Gasteiger partial charge in [-0.2, -0.15) is 0 Å². The fourth-order valence-electron chi connectivity index (χ4n) is 4.22. The van der Waals surface area contributed by atoms with E-state index in [1.807, 2.05) is 0 Å². The normalized spacial score (nSPS) is 23.2. The van der Waals surface area contributed by atoms with E-state index in [2.05, 4.69) is 6.92 Å². The van der Waals surface area contributed by atoms with Gasteiger partial charge in [-0.05, 0) is 49.4 Å². The summed E-state index contributed by atoms with van der Waals surface area (Å²) in [6.45, 7) is 2.09. The summed E-state index contributed by atoms with van der Waals surface area (Å²) in [6.07, 6.45) is 2.35. The Morgan fingerprint density at radius 2 is 1.77 bits per heavy atom. The highest BCUT2D eigenvalue weighted by Crippen LogP contribution is 2.42. The highest BCUT2D eigenvalue weighted by Gasteiger charge is 2.50. The molecule has 2 fully saturated rings. The van der Waals surface area contributed by atoms with Crippen LogP contribution in [-0.2, 0) is 9.59 Å². The molecule has 0 N–H and O–H groups in total. The molecule has 2 aromatic rings. The second kappa shape index (κ2) is 7.70. The van der Waals surface area contributed by atoms with Gasteiger partial charge in [0.2, 0.25) is 11.8 Å². The van der Waals surface area contributed by atoms with Gasteiger partial charge in [0.25, 0.3) is 5.69 Å². The number of non-ortho nitro benzene ring substituents is 1. The van der Waals surface area contributed by atoms with Crippen LogP contribution < -0.4 is 9.64 Å². The number of carbonyl (C=O) groups excluding carboxylic acids is 3. The van der Waals surface area contributed by atoms with E-state index in [4.69, 9.17) is 4.74 Å². The number of nitro groups is 1. The number of nitro benzene ring substituents is 1. The molecule has 8 nitrogen and oxygen atoms in total. The Hall–Kier alpha value is -3.55. The number of anilines is 1. The third kappa shape index (κ3) is 3.56. The number of benzene rings is 2. The average Bonchev–Trinajstić information content (AvgIpc) is 2.98. The first-order valence-electron chi connectivity index (χ1n) is 9.79. The molecule has 30 heavy (non-hydrogen) atoms. The third-order valence-electron chi connectivity index (χ3n) is 5.79. The molecule has 1 saturated heterocycles. The van der Waals surface area contributed by atoms with Crippen LogP contribution in [0.1, 0.15) is 36.5 Å². The zero-order valence-corrected chi connectivity index (χ0v) is 16.3. The highest BCUT2D eigenvalue weighted by molar-refractivity contribution is 6.22. The summed E-state index contributed by atoms with van der Waals surface area (Å²) in [5, 5.41) is 10.7. The van der Waals surface area contributed by atoms with E-state index in [1.165, 1.54) is 35.2 Å². The van der Waals surface area contributed by atoms with Crippen molar-refractivity contribution >= 4 is 29.2 Å². The first-order valence-corrected chi connectivity index (χ1v) is 9.79. The van der Waals surface area contributed by atoms with E-state index in [0.717, 1.165) is 6.42 Å². The number of imide groups is 1. The Balaban J connectivity index is 1.53. The van der Waals surface area contributed by atoms with E-state index in [-0.39, 0.29) is 40.7 Å². The molecule has 0 unspecified atom stereocenters. The Morgan fingerprint density at radius 3 is 2.47 bits per heavy atom. The van der Waals surface area contributed by atoms with E-state index in [0.29, 0.717) is 24.4 Å². The monoisotopic (exact) mass is 408 g/mol. The van der Waals surface area contributed by atoms with Gasteiger partial charge in [-0.15, -0.1) is 0 Å². The van der Waals surface area contributed by atoms with Crippen LogP contribution in [0.3, 0.4) is 0 Å². The zero-order chi connectivity index (χ0) is 21.4. The van der Waals surface area contributed by atoms with Gasteiger partial charge in [0.15, 0.2) is 0 Å². The largest absolute Gasteiger partial charge is 0.423 e. The summed E-state index contributed by atoms with van der Waals surface area (Å²) < 4.78 is 5.35. The number of nitrogens with zero attached hydrogens (tertiary/aromatic N) is 2. The van der Waals surface area contributed by atoms with Crippen LogP contribution in [0.15, 0.2) is 48.5 Å². The minimum Gasteiger partial charge on any atom is -0.423 e. The van der Waals surface area contributed by atoms with Crippen molar-refractivity contribution < 1.29 is 24.0 Å². The third-order valence-corrected chi connectivity index (χ3v) is 5.79. The van der Waals surface area contributed by atoms with Crippen LogP contribution in [0.4, 0.5) is 11.4 Å². The van der Waals surface area contributed by atoms with Crippen LogP contribution in [0.25, 0.3) is 0 Å². The number of ether oxygens (including phenoxy) is 1. The number of hydrogen-bond donors (Lipinski definition) is 0. The van der Waals surface area contributed by atoms with E-state index in [9.17, 15) is 24.5 Å². The number of carbonyl (C=O) groups is 3. The van der Waals surface area contributed by atoms with Crippen LogP contribution >= 0.6 is 0 Å². The molecule has 2 amide bonds. The van der Waals surface area contributed by atoms with Gasteiger partial charge in [0.05, 0.1) is 28.0 Å². The van der Waals surface area contributed by atoms with Crippen molar-refractivity contribution in [1.29, 1.82) is 0 Å². The van der Waals surface area contributed by atoms with Crippen molar-refractivity contribution in [2.45, 2.75) is 26.2 Å². The van der Waals surface area contributed by atoms with Gasteiger partial charge >= 0.3 is 5.97 Å². The molecule has 0 bridgehead atoms. The Labute approximate surface area is 172 Å². The van der Waals surface area contributed by atoms with E-state index >= 15 is 0 Å². The molecule has 154 valence electrons. The van der Waals surface area contributed by atoms with E-state index in [1.54, 1.807) is 18.2 Å². The molecule has 0 spiro atoms. The molecule has 4 rings (SSSR count). The number of hydrogen-bond acceptors (Lipinski definition) is 6. The summed E-state index contributed by atoms with van der Waals surface area (Å²) in [5.74, 6) is -1.06. The average molecular weight is 408 g/mol.